The van der Waals surface area contributed by atoms with Crippen molar-refractivity contribution in [3.05, 3.63) is 22.4 Å². The van der Waals surface area contributed by atoms with Crippen molar-refractivity contribution in [1.29, 1.82) is 0 Å². The molecule has 0 saturated heterocycles. The molecule has 16 heavy (non-hydrogen) atoms. The summed E-state index contributed by atoms with van der Waals surface area (Å²) in [5, 5.41) is 1.94. The van der Waals surface area contributed by atoms with Gasteiger partial charge in [-0.2, -0.15) is 0 Å². The summed E-state index contributed by atoms with van der Waals surface area (Å²) in [6.07, 6.45) is 0. The Morgan fingerprint density at radius 2 is 2.19 bits per heavy atom. The zero-order valence-electron chi connectivity index (χ0n) is 10.4. The lowest BCUT2D eigenvalue weighted by atomic mass is 9.96. The fourth-order valence-corrected chi connectivity index (χ4v) is 2.34. The van der Waals surface area contributed by atoms with Crippen molar-refractivity contribution < 1.29 is 4.79 Å². The van der Waals surface area contributed by atoms with E-state index in [9.17, 15) is 4.79 Å². The molecule has 1 unspecified atom stereocenters. The Morgan fingerprint density at radius 1 is 1.56 bits per heavy atom. The van der Waals surface area contributed by atoms with Crippen molar-refractivity contribution in [2.45, 2.75) is 26.8 Å². The van der Waals surface area contributed by atoms with Gasteiger partial charge >= 0.3 is 0 Å². The number of carbonyl (C=O) groups is 1. The van der Waals surface area contributed by atoms with Gasteiger partial charge in [0.15, 0.2) is 0 Å². The number of amides is 1. The van der Waals surface area contributed by atoms with E-state index in [1.165, 1.54) is 11.3 Å². The zero-order valence-corrected chi connectivity index (χ0v) is 11.2. The van der Waals surface area contributed by atoms with E-state index in [0.717, 1.165) is 4.88 Å². The van der Waals surface area contributed by atoms with Gasteiger partial charge < -0.3 is 10.6 Å². The highest BCUT2D eigenvalue weighted by atomic mass is 32.1. The lowest BCUT2D eigenvalue weighted by Gasteiger charge is -2.28. The molecule has 1 aromatic rings. The maximum absolute atomic E-state index is 12.0. The number of thiophene rings is 1. The minimum atomic E-state index is -0.521. The maximum Gasteiger partial charge on any atom is 0.244 e. The number of nitrogens with two attached hydrogens (primary N) is 1. The molecule has 3 nitrogen and oxygen atoms in total. The van der Waals surface area contributed by atoms with Gasteiger partial charge in [0.1, 0.15) is 6.04 Å². The van der Waals surface area contributed by atoms with Gasteiger partial charge in [0.05, 0.1) is 0 Å². The second kappa shape index (κ2) is 4.97. The Balaban J connectivity index is 2.64. The first-order valence-corrected chi connectivity index (χ1v) is 6.23. The monoisotopic (exact) mass is 240 g/mol. The molecular weight excluding hydrogens is 220 g/mol. The highest BCUT2D eigenvalue weighted by Gasteiger charge is 2.23. The van der Waals surface area contributed by atoms with Crippen LogP contribution in [-0.2, 0) is 4.79 Å². The van der Waals surface area contributed by atoms with Crippen LogP contribution in [-0.4, -0.2) is 24.4 Å². The fraction of sp³-hybridized carbons (Fsp3) is 0.583. The summed E-state index contributed by atoms with van der Waals surface area (Å²) in [4.78, 5) is 14.7. The van der Waals surface area contributed by atoms with Crippen molar-refractivity contribution >= 4 is 17.2 Å². The number of carbonyl (C=O) groups excluding carboxylic acids is 1. The Kier molecular flexibility index (Phi) is 4.10. The van der Waals surface area contributed by atoms with E-state index in [-0.39, 0.29) is 11.3 Å². The van der Waals surface area contributed by atoms with Crippen molar-refractivity contribution in [3.63, 3.8) is 0 Å². The molecule has 0 bridgehead atoms. The average molecular weight is 240 g/mol. The number of hydrogen-bond donors (Lipinski definition) is 1. The van der Waals surface area contributed by atoms with Crippen LogP contribution < -0.4 is 5.73 Å². The zero-order chi connectivity index (χ0) is 12.3. The van der Waals surface area contributed by atoms with Gasteiger partial charge in [-0.1, -0.05) is 26.8 Å². The van der Waals surface area contributed by atoms with Crippen molar-refractivity contribution in [3.8, 4) is 0 Å². The van der Waals surface area contributed by atoms with E-state index < -0.39 is 6.04 Å². The topological polar surface area (TPSA) is 46.3 Å². The first-order chi connectivity index (χ1) is 7.31. The first kappa shape index (κ1) is 13.2. The summed E-state index contributed by atoms with van der Waals surface area (Å²) >= 11 is 1.52. The van der Waals surface area contributed by atoms with Crippen LogP contribution >= 0.6 is 11.3 Å². The summed E-state index contributed by atoms with van der Waals surface area (Å²) in [6, 6.07) is 3.29. The Labute approximate surface area is 101 Å². The van der Waals surface area contributed by atoms with Gasteiger partial charge in [-0.25, -0.2) is 0 Å². The Morgan fingerprint density at radius 3 is 2.62 bits per heavy atom. The van der Waals surface area contributed by atoms with E-state index in [1.807, 2.05) is 17.5 Å². The molecule has 1 aromatic heterocycles. The molecule has 0 aromatic carbocycles. The van der Waals surface area contributed by atoms with Gasteiger partial charge in [-0.3, -0.25) is 4.79 Å². The minimum absolute atomic E-state index is 0.0163. The Bertz CT molecular complexity index is 340. The molecule has 1 heterocycles. The summed E-state index contributed by atoms with van der Waals surface area (Å²) in [5.74, 6) is -0.0163. The van der Waals surface area contributed by atoms with E-state index >= 15 is 0 Å². The molecule has 0 spiro atoms. The second-order valence-corrected chi connectivity index (χ2v) is 6.23. The second-order valence-electron chi connectivity index (χ2n) is 5.25. The minimum Gasteiger partial charge on any atom is -0.344 e. The third-order valence-corrected chi connectivity index (χ3v) is 3.16. The van der Waals surface area contributed by atoms with Crippen molar-refractivity contribution in [1.82, 2.24) is 4.90 Å². The number of nitrogens with zero attached hydrogens (tertiary/aromatic N) is 1. The highest BCUT2D eigenvalue weighted by molar-refractivity contribution is 7.10. The molecule has 0 fully saturated rings. The van der Waals surface area contributed by atoms with Crippen LogP contribution in [0.3, 0.4) is 0 Å². The maximum atomic E-state index is 12.0. The summed E-state index contributed by atoms with van der Waals surface area (Å²) in [5.41, 5.74) is 6.02. The van der Waals surface area contributed by atoms with Crippen LogP contribution in [0, 0.1) is 5.41 Å². The smallest absolute Gasteiger partial charge is 0.244 e. The first-order valence-electron chi connectivity index (χ1n) is 5.35. The lowest BCUT2D eigenvalue weighted by Crippen LogP contribution is -2.39. The van der Waals surface area contributed by atoms with Crippen LogP contribution in [0.25, 0.3) is 0 Å². The summed E-state index contributed by atoms with van der Waals surface area (Å²) in [6.45, 7) is 7.03. The van der Waals surface area contributed by atoms with E-state index in [0.29, 0.717) is 6.54 Å². The molecule has 0 aliphatic rings. The molecule has 1 rings (SSSR count). The van der Waals surface area contributed by atoms with E-state index in [1.54, 1.807) is 11.9 Å². The molecule has 2 N–H and O–H groups in total. The molecule has 1 amide bonds. The van der Waals surface area contributed by atoms with Gasteiger partial charge in [-0.05, 0) is 16.9 Å². The van der Waals surface area contributed by atoms with Crippen LogP contribution in [0.1, 0.15) is 31.7 Å². The molecule has 0 aliphatic heterocycles. The quantitative estimate of drug-likeness (QED) is 0.881. The van der Waals surface area contributed by atoms with Crippen LogP contribution in [0.4, 0.5) is 0 Å². The predicted molar refractivity (Wildman–Crippen MR) is 68.3 cm³/mol. The van der Waals surface area contributed by atoms with Crippen molar-refractivity contribution in [2.24, 2.45) is 11.1 Å². The number of rotatable bonds is 3. The normalized spacial score (nSPS) is 13.6. The fourth-order valence-electron chi connectivity index (χ4n) is 1.62. The standard InChI is InChI=1S/C12H20N2OS/c1-12(2,3)8-14(4)11(15)10(13)9-6-5-7-16-9/h5-7,10H,8,13H2,1-4H3. The Hall–Kier alpha value is -0.870. The van der Waals surface area contributed by atoms with Crippen molar-refractivity contribution in [2.75, 3.05) is 13.6 Å². The predicted octanol–water partition coefficient (Wildman–Crippen LogP) is 2.25. The van der Waals surface area contributed by atoms with Crippen LogP contribution in [0.5, 0.6) is 0 Å². The summed E-state index contributed by atoms with van der Waals surface area (Å²) in [7, 11) is 1.81. The molecule has 90 valence electrons. The van der Waals surface area contributed by atoms with Crippen LogP contribution in [0.2, 0.25) is 0 Å². The third-order valence-electron chi connectivity index (χ3n) is 2.20. The van der Waals surface area contributed by atoms with E-state index in [2.05, 4.69) is 20.8 Å². The molecule has 0 aliphatic carbocycles. The SMILES string of the molecule is CN(CC(C)(C)C)C(=O)C(N)c1cccs1. The third kappa shape index (κ3) is 3.61. The van der Waals surface area contributed by atoms with Gasteiger partial charge in [0.25, 0.3) is 0 Å². The molecule has 0 saturated carbocycles. The van der Waals surface area contributed by atoms with Crippen LogP contribution in [0.15, 0.2) is 17.5 Å². The largest absolute Gasteiger partial charge is 0.344 e. The van der Waals surface area contributed by atoms with Gasteiger partial charge in [0, 0.05) is 18.5 Å². The van der Waals surface area contributed by atoms with Gasteiger partial charge in [-0.15, -0.1) is 11.3 Å². The van der Waals surface area contributed by atoms with Gasteiger partial charge in [0.2, 0.25) is 5.91 Å². The number of hydrogen-bond acceptors (Lipinski definition) is 3. The summed E-state index contributed by atoms with van der Waals surface area (Å²) < 4.78 is 0. The average Bonchev–Trinajstić information content (AvgIpc) is 2.65. The van der Waals surface area contributed by atoms with E-state index in [4.69, 9.17) is 5.73 Å². The molecule has 4 heteroatoms. The lowest BCUT2D eigenvalue weighted by molar-refractivity contribution is -0.132. The molecule has 1 atom stereocenters. The highest BCUT2D eigenvalue weighted by Crippen LogP contribution is 2.20. The number of likely N-dealkylation sites (N-methyl/N-ethyl adjacent to an activating group) is 1. The molecule has 0 radical (unpaired) electrons. The molecular formula is C12H20N2OS.